The molecule has 20 heavy (non-hydrogen) atoms. The minimum absolute atomic E-state index is 0.0128. The number of hydrogen-bond acceptors (Lipinski definition) is 3. The number of H-pyrrole nitrogens is 1. The van der Waals surface area contributed by atoms with Crippen molar-refractivity contribution in [1.29, 1.82) is 0 Å². The van der Waals surface area contributed by atoms with E-state index in [0.717, 1.165) is 11.3 Å². The Bertz CT molecular complexity index is 665. The first-order chi connectivity index (χ1) is 9.58. The number of benzene rings is 1. The number of amides is 1. The van der Waals surface area contributed by atoms with Crippen molar-refractivity contribution in [3.8, 4) is 0 Å². The lowest BCUT2D eigenvalue weighted by Gasteiger charge is -2.19. The number of carbonyl (C=O) groups excluding carboxylic acids is 1. The fraction of sp³-hybridized carbons (Fsp3) is 0.333. The summed E-state index contributed by atoms with van der Waals surface area (Å²) in [6, 6.07) is 8.32. The minimum Gasteiger partial charge on any atom is -0.308 e. The lowest BCUT2D eigenvalue weighted by molar-refractivity contribution is -0.115. The van der Waals surface area contributed by atoms with Crippen LogP contribution in [0.1, 0.15) is 34.6 Å². The van der Waals surface area contributed by atoms with Crippen LogP contribution in [0.25, 0.3) is 0 Å². The molecule has 2 atom stereocenters. The zero-order chi connectivity index (χ0) is 14.3. The summed E-state index contributed by atoms with van der Waals surface area (Å²) in [6.07, 6.45) is 0. The van der Waals surface area contributed by atoms with Crippen LogP contribution in [-0.2, 0) is 4.79 Å². The van der Waals surface area contributed by atoms with Gasteiger partial charge < -0.3 is 5.32 Å². The van der Waals surface area contributed by atoms with Crippen molar-refractivity contribution in [1.82, 2.24) is 10.2 Å². The average Bonchev–Trinajstić information content (AvgIpc) is 2.71. The molecule has 0 bridgehead atoms. The average molecular weight is 287 g/mol. The first-order valence-corrected chi connectivity index (χ1v) is 7.59. The molecule has 5 heteroatoms. The third-order valence-corrected chi connectivity index (χ3v) is 5.06. The Morgan fingerprint density at radius 1 is 1.25 bits per heavy atom. The van der Waals surface area contributed by atoms with Gasteiger partial charge in [0.1, 0.15) is 0 Å². The van der Waals surface area contributed by atoms with Crippen molar-refractivity contribution < 1.29 is 4.79 Å². The molecule has 0 aliphatic carbocycles. The van der Waals surface area contributed by atoms with E-state index in [1.54, 1.807) is 11.8 Å². The van der Waals surface area contributed by atoms with Crippen LogP contribution in [0.15, 0.2) is 24.3 Å². The van der Waals surface area contributed by atoms with Crippen LogP contribution in [0.5, 0.6) is 0 Å². The molecule has 0 fully saturated rings. The molecule has 3 rings (SSSR count). The molecule has 0 spiro atoms. The lowest BCUT2D eigenvalue weighted by Crippen LogP contribution is -2.21. The van der Waals surface area contributed by atoms with Crippen LogP contribution in [0.2, 0.25) is 0 Å². The number of aromatic amines is 1. The van der Waals surface area contributed by atoms with Gasteiger partial charge in [-0.1, -0.05) is 24.3 Å². The molecular weight excluding hydrogens is 270 g/mol. The fourth-order valence-corrected chi connectivity index (χ4v) is 3.94. The molecule has 1 aromatic heterocycles. The maximum absolute atomic E-state index is 12.1. The normalized spacial score (nSPS) is 22.1. The molecule has 1 aromatic carbocycles. The number of thioether (sulfide) groups is 1. The van der Waals surface area contributed by atoms with E-state index in [1.165, 1.54) is 11.1 Å². The number of fused-ring (bicyclic) bond motifs is 1. The summed E-state index contributed by atoms with van der Waals surface area (Å²) in [7, 11) is 0. The van der Waals surface area contributed by atoms with Crippen molar-refractivity contribution in [2.24, 2.45) is 0 Å². The molecule has 104 valence electrons. The molecule has 2 N–H and O–H groups in total. The summed E-state index contributed by atoms with van der Waals surface area (Å²) in [5.41, 5.74) is 4.57. The Hall–Kier alpha value is -1.75. The number of aromatic nitrogens is 2. The van der Waals surface area contributed by atoms with Gasteiger partial charge in [-0.2, -0.15) is 5.10 Å². The van der Waals surface area contributed by atoms with Gasteiger partial charge in [0.15, 0.2) is 5.82 Å². The van der Waals surface area contributed by atoms with Gasteiger partial charge in [0, 0.05) is 11.3 Å². The number of rotatable bonds is 1. The maximum atomic E-state index is 12.1. The highest BCUT2D eigenvalue weighted by molar-refractivity contribution is 8.01. The monoisotopic (exact) mass is 287 g/mol. The van der Waals surface area contributed by atoms with Gasteiger partial charge in [-0.25, -0.2) is 0 Å². The SMILES string of the molecule is Cc1ccccc1[C@@H]1S[C@H](C)C(=O)Nc2n[nH]c(C)c21. The van der Waals surface area contributed by atoms with Crippen molar-refractivity contribution in [3.63, 3.8) is 0 Å². The van der Waals surface area contributed by atoms with Crippen molar-refractivity contribution in [2.45, 2.75) is 31.3 Å². The molecule has 0 saturated carbocycles. The summed E-state index contributed by atoms with van der Waals surface area (Å²) >= 11 is 1.67. The van der Waals surface area contributed by atoms with Crippen LogP contribution < -0.4 is 5.32 Å². The molecule has 4 nitrogen and oxygen atoms in total. The van der Waals surface area contributed by atoms with Crippen molar-refractivity contribution in [2.75, 3.05) is 5.32 Å². The quantitative estimate of drug-likeness (QED) is 0.847. The molecule has 0 radical (unpaired) electrons. The predicted octanol–water partition coefficient (Wildman–Crippen LogP) is 3.19. The summed E-state index contributed by atoms with van der Waals surface area (Å²) < 4.78 is 0. The van der Waals surface area contributed by atoms with E-state index in [9.17, 15) is 4.79 Å². The van der Waals surface area contributed by atoms with Gasteiger partial charge in [-0.15, -0.1) is 11.8 Å². The van der Waals surface area contributed by atoms with E-state index in [-0.39, 0.29) is 16.4 Å². The first-order valence-electron chi connectivity index (χ1n) is 6.64. The van der Waals surface area contributed by atoms with Crippen LogP contribution >= 0.6 is 11.8 Å². The second-order valence-electron chi connectivity index (χ2n) is 5.12. The summed E-state index contributed by atoms with van der Waals surface area (Å²) in [4.78, 5) is 12.1. The third-order valence-electron chi connectivity index (χ3n) is 3.68. The second-order valence-corrected chi connectivity index (χ2v) is 6.57. The Morgan fingerprint density at radius 2 is 2.00 bits per heavy atom. The van der Waals surface area contributed by atoms with Gasteiger partial charge >= 0.3 is 0 Å². The number of carbonyl (C=O) groups is 1. The second kappa shape index (κ2) is 4.98. The van der Waals surface area contributed by atoms with E-state index in [2.05, 4.69) is 34.6 Å². The highest BCUT2D eigenvalue weighted by atomic mass is 32.2. The highest BCUT2D eigenvalue weighted by Crippen LogP contribution is 2.45. The van der Waals surface area contributed by atoms with Gasteiger partial charge in [0.05, 0.1) is 10.5 Å². The molecule has 1 amide bonds. The van der Waals surface area contributed by atoms with E-state index in [4.69, 9.17) is 0 Å². The zero-order valence-electron chi connectivity index (χ0n) is 11.7. The van der Waals surface area contributed by atoms with Crippen LogP contribution in [-0.4, -0.2) is 21.4 Å². The largest absolute Gasteiger partial charge is 0.308 e. The minimum atomic E-state index is -0.104. The fourth-order valence-electron chi connectivity index (χ4n) is 2.52. The molecule has 0 unspecified atom stereocenters. The van der Waals surface area contributed by atoms with Crippen molar-refractivity contribution >= 4 is 23.5 Å². The van der Waals surface area contributed by atoms with E-state index in [0.29, 0.717) is 5.82 Å². The van der Waals surface area contributed by atoms with E-state index in [1.807, 2.05) is 26.0 Å². The van der Waals surface area contributed by atoms with E-state index >= 15 is 0 Å². The summed E-state index contributed by atoms with van der Waals surface area (Å²) in [5, 5.41) is 10.2. The predicted molar refractivity (Wildman–Crippen MR) is 82.0 cm³/mol. The van der Waals surface area contributed by atoms with Crippen LogP contribution in [0.3, 0.4) is 0 Å². The molecule has 2 heterocycles. The molecule has 1 aliphatic rings. The van der Waals surface area contributed by atoms with Gasteiger partial charge in [0.2, 0.25) is 5.91 Å². The molecular formula is C15H17N3OS. The number of anilines is 1. The topological polar surface area (TPSA) is 57.8 Å². The lowest BCUT2D eigenvalue weighted by atomic mass is 10.00. The van der Waals surface area contributed by atoms with E-state index < -0.39 is 0 Å². The molecule has 2 aromatic rings. The number of nitrogens with zero attached hydrogens (tertiary/aromatic N) is 1. The Morgan fingerprint density at radius 3 is 2.75 bits per heavy atom. The zero-order valence-corrected chi connectivity index (χ0v) is 12.5. The summed E-state index contributed by atoms with van der Waals surface area (Å²) in [6.45, 7) is 6.05. The van der Waals surface area contributed by atoms with Crippen molar-refractivity contribution in [3.05, 3.63) is 46.6 Å². The third kappa shape index (κ3) is 2.12. The molecule has 1 aliphatic heterocycles. The van der Waals surface area contributed by atoms with Gasteiger partial charge in [-0.3, -0.25) is 9.89 Å². The maximum Gasteiger partial charge on any atom is 0.238 e. The number of nitrogens with one attached hydrogen (secondary N) is 2. The highest BCUT2D eigenvalue weighted by Gasteiger charge is 2.32. The number of aryl methyl sites for hydroxylation is 2. The summed E-state index contributed by atoms with van der Waals surface area (Å²) in [5.74, 6) is 0.677. The Kier molecular flexibility index (Phi) is 3.30. The van der Waals surface area contributed by atoms with Gasteiger partial charge in [-0.05, 0) is 31.9 Å². The smallest absolute Gasteiger partial charge is 0.238 e. The van der Waals surface area contributed by atoms with Crippen LogP contribution in [0.4, 0.5) is 5.82 Å². The molecule has 0 saturated heterocycles. The number of hydrogen-bond donors (Lipinski definition) is 2. The Balaban J connectivity index is 2.16. The standard InChI is InChI=1S/C15H17N3OS/c1-8-6-4-5-7-11(8)13-12-9(2)17-18-14(12)16-15(19)10(3)20-13/h4-7,10,13H,1-3H3,(H2,16,17,18,19)/t10-,13+/m1/s1. The van der Waals surface area contributed by atoms with Crippen LogP contribution in [0, 0.1) is 13.8 Å². The Labute approximate surface area is 122 Å². The first kappa shape index (κ1) is 13.2. The van der Waals surface area contributed by atoms with Gasteiger partial charge in [0.25, 0.3) is 0 Å².